The van der Waals surface area contributed by atoms with Crippen LogP contribution in [-0.2, 0) is 22.9 Å². The first-order valence-corrected chi connectivity index (χ1v) is 8.07. The number of nitrogens with one attached hydrogen (secondary N) is 2. The molecule has 1 heterocycles. The fourth-order valence-electron chi connectivity index (χ4n) is 1.82. The van der Waals surface area contributed by atoms with Crippen molar-refractivity contribution in [3.8, 4) is 6.07 Å². The van der Waals surface area contributed by atoms with Gasteiger partial charge in [-0.3, -0.25) is 0 Å². The highest BCUT2D eigenvalue weighted by atomic mass is 32.2. The molecule has 0 saturated heterocycles. The Bertz CT molecular complexity index is 607. The Morgan fingerprint density at radius 1 is 1.25 bits per heavy atom. The highest BCUT2D eigenvalue weighted by Gasteiger charge is 2.14. The third-order valence-electron chi connectivity index (χ3n) is 2.93. The van der Waals surface area contributed by atoms with Crippen LogP contribution in [0.2, 0.25) is 0 Å². The number of aromatic nitrogens is 2. The second-order valence-electron chi connectivity index (χ2n) is 4.12. The quantitative estimate of drug-likeness (QED) is 0.756. The molecule has 0 aliphatic heterocycles. The van der Waals surface area contributed by atoms with Crippen molar-refractivity contribution in [1.82, 2.24) is 14.9 Å². The van der Waals surface area contributed by atoms with E-state index in [2.05, 4.69) is 26.3 Å². The third kappa shape index (κ3) is 3.88. The van der Waals surface area contributed by atoms with E-state index in [-0.39, 0.29) is 12.3 Å². The first-order chi connectivity index (χ1) is 9.49. The molecule has 0 unspecified atom stereocenters. The maximum absolute atomic E-state index is 11.3. The predicted octanol–water partition coefficient (Wildman–Crippen LogP) is 0.434. The number of anilines is 1. The Labute approximate surface area is 119 Å². The summed E-state index contributed by atoms with van der Waals surface area (Å²) in [7, 11) is -1.92. The lowest BCUT2D eigenvalue weighted by molar-refractivity contribution is 0.588. The number of hydrogen-bond acceptors (Lipinski definition) is 6. The van der Waals surface area contributed by atoms with Crippen LogP contribution in [0, 0.1) is 11.3 Å². The predicted molar refractivity (Wildman–Crippen MR) is 76.8 cm³/mol. The SMILES string of the molecule is CCc1nnc(NCCS(=O)(=O)NC)c(C#N)c1CC. The van der Waals surface area contributed by atoms with Crippen LogP contribution in [0.15, 0.2) is 0 Å². The topological polar surface area (TPSA) is 108 Å². The molecule has 0 amide bonds. The Morgan fingerprint density at radius 2 is 1.95 bits per heavy atom. The minimum absolute atomic E-state index is 0.0902. The van der Waals surface area contributed by atoms with E-state index in [4.69, 9.17) is 0 Å². The van der Waals surface area contributed by atoms with Gasteiger partial charge in [-0.05, 0) is 25.5 Å². The molecule has 20 heavy (non-hydrogen) atoms. The fraction of sp³-hybridized carbons (Fsp3) is 0.583. The van der Waals surface area contributed by atoms with Crippen LogP contribution >= 0.6 is 0 Å². The van der Waals surface area contributed by atoms with Crippen molar-refractivity contribution >= 4 is 15.8 Å². The lowest BCUT2D eigenvalue weighted by Crippen LogP contribution is -2.26. The van der Waals surface area contributed by atoms with Gasteiger partial charge in [-0.15, -0.1) is 5.10 Å². The highest BCUT2D eigenvalue weighted by Crippen LogP contribution is 2.19. The standard InChI is InChI=1S/C12H19N5O2S/c1-4-9-10(8-13)12(17-16-11(9)5-2)15-6-7-20(18,19)14-3/h14H,4-7H2,1-3H3,(H,15,17). The average Bonchev–Trinajstić information content (AvgIpc) is 2.46. The van der Waals surface area contributed by atoms with E-state index >= 15 is 0 Å². The van der Waals surface area contributed by atoms with Crippen LogP contribution in [0.3, 0.4) is 0 Å². The van der Waals surface area contributed by atoms with Gasteiger partial charge in [-0.25, -0.2) is 13.1 Å². The van der Waals surface area contributed by atoms with E-state index in [9.17, 15) is 13.7 Å². The van der Waals surface area contributed by atoms with E-state index in [1.165, 1.54) is 7.05 Å². The van der Waals surface area contributed by atoms with Crippen LogP contribution < -0.4 is 10.0 Å². The summed E-state index contributed by atoms with van der Waals surface area (Å²) in [6.45, 7) is 4.07. The number of nitrogens with zero attached hydrogens (tertiary/aromatic N) is 3. The van der Waals surface area contributed by atoms with Crippen LogP contribution in [0.4, 0.5) is 5.82 Å². The summed E-state index contributed by atoms with van der Waals surface area (Å²) in [5.74, 6) is 0.250. The molecule has 1 aromatic rings. The second kappa shape index (κ2) is 7.17. The zero-order valence-electron chi connectivity index (χ0n) is 11.9. The molecule has 0 aromatic carbocycles. The van der Waals surface area contributed by atoms with Crippen molar-refractivity contribution in [2.75, 3.05) is 24.7 Å². The summed E-state index contributed by atoms with van der Waals surface area (Å²) < 4.78 is 24.9. The minimum atomic E-state index is -3.28. The Kier molecular flexibility index (Phi) is 5.85. The van der Waals surface area contributed by atoms with Gasteiger partial charge < -0.3 is 5.32 Å². The van der Waals surface area contributed by atoms with Gasteiger partial charge in [-0.1, -0.05) is 13.8 Å². The Morgan fingerprint density at radius 3 is 2.45 bits per heavy atom. The number of aryl methyl sites for hydroxylation is 1. The van der Waals surface area contributed by atoms with Crippen molar-refractivity contribution < 1.29 is 8.42 Å². The van der Waals surface area contributed by atoms with E-state index in [0.717, 1.165) is 11.3 Å². The number of rotatable bonds is 7. The summed E-state index contributed by atoms with van der Waals surface area (Å²) in [4.78, 5) is 0. The molecule has 0 fully saturated rings. The fourth-order valence-corrected chi connectivity index (χ4v) is 2.40. The summed E-state index contributed by atoms with van der Waals surface area (Å²) >= 11 is 0. The van der Waals surface area contributed by atoms with Gasteiger partial charge in [0, 0.05) is 6.54 Å². The Hall–Kier alpha value is -1.72. The van der Waals surface area contributed by atoms with Crippen LogP contribution in [0.25, 0.3) is 0 Å². The number of hydrogen-bond donors (Lipinski definition) is 2. The van der Waals surface area contributed by atoms with E-state index in [1.807, 2.05) is 13.8 Å². The van der Waals surface area contributed by atoms with E-state index < -0.39 is 10.0 Å². The molecule has 110 valence electrons. The molecule has 0 saturated carbocycles. The molecule has 0 radical (unpaired) electrons. The third-order valence-corrected chi connectivity index (χ3v) is 4.30. The highest BCUT2D eigenvalue weighted by molar-refractivity contribution is 7.89. The number of sulfonamides is 1. The first-order valence-electron chi connectivity index (χ1n) is 6.42. The van der Waals surface area contributed by atoms with Gasteiger partial charge in [0.2, 0.25) is 10.0 Å². The molecule has 1 rings (SSSR count). The lowest BCUT2D eigenvalue weighted by atomic mass is 10.0. The van der Waals surface area contributed by atoms with Gasteiger partial charge >= 0.3 is 0 Å². The van der Waals surface area contributed by atoms with Gasteiger partial charge in [0.1, 0.15) is 11.6 Å². The van der Waals surface area contributed by atoms with E-state index in [0.29, 0.717) is 24.2 Å². The zero-order chi connectivity index (χ0) is 15.2. The summed E-state index contributed by atoms with van der Waals surface area (Å²) in [5.41, 5.74) is 2.11. The monoisotopic (exact) mass is 297 g/mol. The van der Waals surface area contributed by atoms with Crippen molar-refractivity contribution in [2.45, 2.75) is 26.7 Å². The molecule has 8 heteroatoms. The maximum Gasteiger partial charge on any atom is 0.213 e. The summed E-state index contributed by atoms with van der Waals surface area (Å²) in [5, 5.41) is 20.2. The van der Waals surface area contributed by atoms with Crippen LogP contribution in [-0.4, -0.2) is 38.0 Å². The average molecular weight is 297 g/mol. The second-order valence-corrected chi connectivity index (χ2v) is 6.16. The van der Waals surface area contributed by atoms with E-state index in [1.54, 1.807) is 0 Å². The van der Waals surface area contributed by atoms with Gasteiger partial charge in [0.15, 0.2) is 5.82 Å². The Balaban J connectivity index is 2.94. The molecular formula is C12H19N5O2S. The minimum Gasteiger partial charge on any atom is -0.366 e. The van der Waals surface area contributed by atoms with Gasteiger partial charge in [-0.2, -0.15) is 10.4 Å². The molecule has 0 spiro atoms. The molecule has 1 aromatic heterocycles. The summed E-state index contributed by atoms with van der Waals surface area (Å²) in [6.07, 6.45) is 1.39. The van der Waals surface area contributed by atoms with Gasteiger partial charge in [0.25, 0.3) is 0 Å². The van der Waals surface area contributed by atoms with Crippen molar-refractivity contribution in [2.24, 2.45) is 0 Å². The molecule has 7 nitrogen and oxygen atoms in total. The maximum atomic E-state index is 11.3. The van der Waals surface area contributed by atoms with Crippen molar-refractivity contribution in [3.05, 3.63) is 16.8 Å². The summed E-state index contributed by atoms with van der Waals surface area (Å²) in [6, 6.07) is 2.12. The molecule has 0 aliphatic rings. The van der Waals surface area contributed by atoms with Gasteiger partial charge in [0.05, 0.1) is 11.4 Å². The molecule has 0 bridgehead atoms. The molecule has 0 aliphatic carbocycles. The van der Waals surface area contributed by atoms with Crippen molar-refractivity contribution in [3.63, 3.8) is 0 Å². The zero-order valence-corrected chi connectivity index (χ0v) is 12.7. The molecule has 2 N–H and O–H groups in total. The molecular weight excluding hydrogens is 278 g/mol. The first kappa shape index (κ1) is 16.3. The van der Waals surface area contributed by atoms with Crippen LogP contribution in [0.1, 0.15) is 30.7 Å². The van der Waals surface area contributed by atoms with Crippen molar-refractivity contribution in [1.29, 1.82) is 5.26 Å². The largest absolute Gasteiger partial charge is 0.366 e. The molecule has 0 atom stereocenters. The smallest absolute Gasteiger partial charge is 0.213 e. The van der Waals surface area contributed by atoms with Crippen LogP contribution in [0.5, 0.6) is 0 Å². The number of nitriles is 1. The normalized spacial score (nSPS) is 11.1. The lowest BCUT2D eigenvalue weighted by Gasteiger charge is -2.11.